The van der Waals surface area contributed by atoms with Gasteiger partial charge in [0.25, 0.3) is 0 Å². The van der Waals surface area contributed by atoms with Crippen LogP contribution in [0.3, 0.4) is 0 Å². The van der Waals surface area contributed by atoms with E-state index in [0.29, 0.717) is 10.6 Å². The number of aliphatic hydroxyl groups excluding tert-OH is 1. The van der Waals surface area contributed by atoms with E-state index in [4.69, 9.17) is 33.3 Å². The van der Waals surface area contributed by atoms with Gasteiger partial charge in [0.2, 0.25) is 0 Å². The third kappa shape index (κ3) is 3.72. The molecule has 0 bridgehead atoms. The van der Waals surface area contributed by atoms with Crippen molar-refractivity contribution < 1.29 is 14.6 Å². The molecule has 0 fully saturated rings. The maximum absolute atomic E-state index is 11.7. The van der Waals surface area contributed by atoms with Crippen LogP contribution in [0.4, 0.5) is 0 Å². The minimum absolute atomic E-state index is 0.157. The molecule has 0 aliphatic heterocycles. The molecule has 0 atom stereocenters. The van der Waals surface area contributed by atoms with Crippen LogP contribution in [-0.4, -0.2) is 23.4 Å². The molecule has 0 amide bonds. The summed E-state index contributed by atoms with van der Waals surface area (Å²) in [6.45, 7) is 3.12. The predicted molar refractivity (Wildman–Crippen MR) is 75.3 cm³/mol. The SMILES string of the molecule is CCOC(=O)C(C(=N)c1ccc(Cl)c(Cl)c1)=C(C)O. The van der Waals surface area contributed by atoms with E-state index in [1.165, 1.54) is 19.1 Å². The molecule has 102 valence electrons. The van der Waals surface area contributed by atoms with Crippen molar-refractivity contribution in [2.45, 2.75) is 13.8 Å². The number of benzene rings is 1. The Morgan fingerprint density at radius 3 is 2.47 bits per heavy atom. The van der Waals surface area contributed by atoms with Gasteiger partial charge in [-0.05, 0) is 26.0 Å². The van der Waals surface area contributed by atoms with Gasteiger partial charge in [0, 0.05) is 5.56 Å². The van der Waals surface area contributed by atoms with Gasteiger partial charge in [0.1, 0.15) is 11.3 Å². The van der Waals surface area contributed by atoms with Crippen molar-refractivity contribution in [3.8, 4) is 0 Å². The van der Waals surface area contributed by atoms with E-state index in [0.717, 1.165) is 0 Å². The number of hydrogen-bond donors (Lipinski definition) is 2. The lowest BCUT2D eigenvalue weighted by Crippen LogP contribution is -2.18. The molecular weight excluding hydrogens is 289 g/mol. The maximum atomic E-state index is 11.7. The zero-order valence-electron chi connectivity index (χ0n) is 10.5. The first-order valence-electron chi connectivity index (χ1n) is 5.49. The molecule has 1 aromatic rings. The fraction of sp³-hybridized carbons (Fsp3) is 0.231. The minimum Gasteiger partial charge on any atom is -0.512 e. The number of nitrogens with one attached hydrogen (secondary N) is 1. The Labute approximate surface area is 121 Å². The molecule has 0 aliphatic rings. The Balaban J connectivity index is 3.18. The number of aliphatic hydroxyl groups is 1. The summed E-state index contributed by atoms with van der Waals surface area (Å²) in [5.74, 6) is -1.03. The number of ether oxygens (including phenoxy) is 1. The monoisotopic (exact) mass is 301 g/mol. The van der Waals surface area contributed by atoms with Crippen molar-refractivity contribution in [1.29, 1.82) is 5.41 Å². The smallest absolute Gasteiger partial charge is 0.343 e. The molecule has 0 unspecified atom stereocenters. The summed E-state index contributed by atoms with van der Waals surface area (Å²) in [5.41, 5.74) is 0.00288. The summed E-state index contributed by atoms with van der Waals surface area (Å²) >= 11 is 11.6. The zero-order valence-corrected chi connectivity index (χ0v) is 12.0. The van der Waals surface area contributed by atoms with Gasteiger partial charge < -0.3 is 9.84 Å². The second kappa shape index (κ2) is 6.59. The molecule has 1 aromatic carbocycles. The number of hydrogen-bond acceptors (Lipinski definition) is 4. The summed E-state index contributed by atoms with van der Waals surface area (Å²) in [4.78, 5) is 11.7. The van der Waals surface area contributed by atoms with Crippen molar-refractivity contribution in [2.24, 2.45) is 0 Å². The Morgan fingerprint density at radius 1 is 1.37 bits per heavy atom. The normalized spacial score (nSPS) is 11.8. The van der Waals surface area contributed by atoms with E-state index in [1.54, 1.807) is 13.0 Å². The van der Waals surface area contributed by atoms with Gasteiger partial charge in [-0.1, -0.05) is 29.3 Å². The van der Waals surface area contributed by atoms with Crippen LogP contribution in [0.1, 0.15) is 19.4 Å². The highest BCUT2D eigenvalue weighted by Gasteiger charge is 2.21. The average molecular weight is 302 g/mol. The highest BCUT2D eigenvalue weighted by atomic mass is 35.5. The number of rotatable bonds is 4. The van der Waals surface area contributed by atoms with E-state index in [9.17, 15) is 9.90 Å². The topological polar surface area (TPSA) is 70.4 Å². The molecule has 0 spiro atoms. The molecule has 2 N–H and O–H groups in total. The van der Waals surface area contributed by atoms with E-state index < -0.39 is 5.97 Å². The van der Waals surface area contributed by atoms with E-state index >= 15 is 0 Å². The highest BCUT2D eigenvalue weighted by molar-refractivity contribution is 6.42. The summed E-state index contributed by atoms with van der Waals surface area (Å²) in [6, 6.07) is 4.51. The van der Waals surface area contributed by atoms with Crippen LogP contribution >= 0.6 is 23.2 Å². The predicted octanol–water partition coefficient (Wildman–Crippen LogP) is 3.76. The van der Waals surface area contributed by atoms with Crippen LogP contribution in [0.5, 0.6) is 0 Å². The molecule has 19 heavy (non-hydrogen) atoms. The number of halogens is 2. The van der Waals surface area contributed by atoms with E-state index in [1.807, 2.05) is 0 Å². The maximum Gasteiger partial charge on any atom is 0.343 e. The summed E-state index contributed by atoms with van der Waals surface area (Å²) in [7, 11) is 0. The molecule has 0 saturated heterocycles. The van der Waals surface area contributed by atoms with Gasteiger partial charge >= 0.3 is 5.97 Å². The van der Waals surface area contributed by atoms with Gasteiger partial charge in [-0.2, -0.15) is 0 Å². The Morgan fingerprint density at radius 2 is 2.00 bits per heavy atom. The third-order valence-corrected chi connectivity index (χ3v) is 3.04. The van der Waals surface area contributed by atoms with Crippen LogP contribution in [-0.2, 0) is 9.53 Å². The van der Waals surface area contributed by atoms with Crippen molar-refractivity contribution in [1.82, 2.24) is 0 Å². The summed E-state index contributed by atoms with van der Waals surface area (Å²) < 4.78 is 4.81. The summed E-state index contributed by atoms with van der Waals surface area (Å²) in [5, 5.41) is 18.1. The van der Waals surface area contributed by atoms with Crippen molar-refractivity contribution in [2.75, 3.05) is 6.61 Å². The zero-order chi connectivity index (χ0) is 14.6. The number of esters is 1. The quantitative estimate of drug-likeness (QED) is 0.385. The van der Waals surface area contributed by atoms with Gasteiger partial charge in [0.05, 0.1) is 22.4 Å². The minimum atomic E-state index is -0.751. The first kappa shape index (κ1) is 15.5. The first-order valence-corrected chi connectivity index (χ1v) is 6.25. The second-order valence-corrected chi connectivity index (χ2v) is 4.50. The van der Waals surface area contributed by atoms with Gasteiger partial charge in [0.15, 0.2) is 0 Å². The largest absolute Gasteiger partial charge is 0.512 e. The van der Waals surface area contributed by atoms with Crippen LogP contribution < -0.4 is 0 Å². The summed E-state index contributed by atoms with van der Waals surface area (Å²) in [6.07, 6.45) is 0. The third-order valence-electron chi connectivity index (χ3n) is 2.30. The van der Waals surface area contributed by atoms with E-state index in [2.05, 4.69) is 0 Å². The van der Waals surface area contributed by atoms with Crippen LogP contribution in [0, 0.1) is 5.41 Å². The van der Waals surface area contributed by atoms with Crippen LogP contribution in [0.15, 0.2) is 29.5 Å². The van der Waals surface area contributed by atoms with Gasteiger partial charge in [-0.25, -0.2) is 4.79 Å². The lowest BCUT2D eigenvalue weighted by atomic mass is 10.0. The van der Waals surface area contributed by atoms with Crippen LogP contribution in [0.25, 0.3) is 0 Å². The van der Waals surface area contributed by atoms with Gasteiger partial charge in [-0.15, -0.1) is 0 Å². The lowest BCUT2D eigenvalue weighted by molar-refractivity contribution is -0.138. The highest BCUT2D eigenvalue weighted by Crippen LogP contribution is 2.24. The number of carbonyl (C=O) groups excluding carboxylic acids is 1. The fourth-order valence-electron chi connectivity index (χ4n) is 1.43. The molecule has 0 aromatic heterocycles. The molecular formula is C13H13Cl2NO3. The Kier molecular flexibility index (Phi) is 5.39. The lowest BCUT2D eigenvalue weighted by Gasteiger charge is -2.10. The van der Waals surface area contributed by atoms with Crippen molar-refractivity contribution in [3.05, 3.63) is 45.1 Å². The van der Waals surface area contributed by atoms with Crippen LogP contribution in [0.2, 0.25) is 10.0 Å². The van der Waals surface area contributed by atoms with Gasteiger partial charge in [-0.3, -0.25) is 5.41 Å². The molecule has 4 nitrogen and oxygen atoms in total. The second-order valence-electron chi connectivity index (χ2n) is 3.68. The molecule has 6 heteroatoms. The standard InChI is InChI=1S/C13H13Cl2NO3/c1-3-19-13(18)11(7(2)17)12(16)8-4-5-9(14)10(15)6-8/h4-6,16-17H,3H2,1-2H3. The molecule has 0 aliphatic carbocycles. The Bertz CT molecular complexity index is 549. The molecule has 1 rings (SSSR count). The van der Waals surface area contributed by atoms with Crippen molar-refractivity contribution in [3.63, 3.8) is 0 Å². The van der Waals surface area contributed by atoms with E-state index in [-0.39, 0.29) is 28.7 Å². The first-order chi connectivity index (χ1) is 8.88. The number of allylic oxidation sites excluding steroid dienone is 1. The molecule has 0 saturated carbocycles. The molecule has 0 radical (unpaired) electrons. The fourth-order valence-corrected chi connectivity index (χ4v) is 1.73. The Hall–Kier alpha value is -1.52. The van der Waals surface area contributed by atoms with Crippen molar-refractivity contribution >= 4 is 34.9 Å². The average Bonchev–Trinajstić information content (AvgIpc) is 2.32. The molecule has 0 heterocycles. The number of carbonyl (C=O) groups is 1.